The number of aliphatic hydroxyl groups excluding tert-OH is 1. The molecule has 5 heteroatoms. The molecule has 2 atom stereocenters. The lowest BCUT2D eigenvalue weighted by Crippen LogP contribution is -2.39. The van der Waals surface area contributed by atoms with Gasteiger partial charge in [0.15, 0.2) is 0 Å². The Kier molecular flexibility index (Phi) is 6.46. The van der Waals surface area contributed by atoms with Gasteiger partial charge < -0.3 is 15.5 Å². The zero-order valence-electron chi connectivity index (χ0n) is 12.5. The Hall–Kier alpha value is -1.10. The number of hydrogen-bond acceptors (Lipinski definition) is 3. The molecule has 1 aliphatic rings. The summed E-state index contributed by atoms with van der Waals surface area (Å²) in [5.74, 6) is -0.491. The number of rotatable bonds is 8. The lowest BCUT2D eigenvalue weighted by molar-refractivity contribution is -0.152. The van der Waals surface area contributed by atoms with Gasteiger partial charge in [-0.1, -0.05) is 20.3 Å². The van der Waals surface area contributed by atoms with E-state index in [1.165, 1.54) is 0 Å². The van der Waals surface area contributed by atoms with Gasteiger partial charge in [-0.05, 0) is 37.5 Å². The minimum Gasteiger partial charge on any atom is -0.481 e. The molecule has 1 amide bonds. The highest BCUT2D eigenvalue weighted by Gasteiger charge is 2.37. The zero-order valence-corrected chi connectivity index (χ0v) is 12.5. The van der Waals surface area contributed by atoms with Gasteiger partial charge in [0.05, 0.1) is 5.41 Å². The number of carbonyl (C=O) groups excluding carboxylic acids is 1. The van der Waals surface area contributed by atoms with E-state index in [2.05, 4.69) is 5.32 Å². The minimum atomic E-state index is -0.948. The van der Waals surface area contributed by atoms with Gasteiger partial charge in [-0.2, -0.15) is 0 Å². The first-order chi connectivity index (χ1) is 9.49. The molecular formula is C15H27NO4. The fourth-order valence-corrected chi connectivity index (χ4v) is 3.12. The van der Waals surface area contributed by atoms with E-state index in [4.69, 9.17) is 0 Å². The van der Waals surface area contributed by atoms with Crippen LogP contribution in [0.15, 0.2) is 0 Å². The maximum absolute atomic E-state index is 12.0. The number of carboxylic acids is 1. The van der Waals surface area contributed by atoms with Gasteiger partial charge in [-0.25, -0.2) is 0 Å². The van der Waals surface area contributed by atoms with E-state index in [-0.39, 0.29) is 24.9 Å². The second kappa shape index (κ2) is 7.62. The lowest BCUT2D eigenvalue weighted by atomic mass is 9.79. The molecule has 0 aliphatic heterocycles. The van der Waals surface area contributed by atoms with Gasteiger partial charge in [0, 0.05) is 19.6 Å². The summed E-state index contributed by atoms with van der Waals surface area (Å²) < 4.78 is 0. The number of amides is 1. The third-order valence-electron chi connectivity index (χ3n) is 4.92. The first kappa shape index (κ1) is 17.0. The number of carbonyl (C=O) groups is 2. The predicted molar refractivity (Wildman–Crippen MR) is 76.2 cm³/mol. The van der Waals surface area contributed by atoms with E-state index >= 15 is 0 Å². The van der Waals surface area contributed by atoms with Gasteiger partial charge >= 0.3 is 5.97 Å². The lowest BCUT2D eigenvalue weighted by Gasteiger charge is -2.26. The molecule has 1 aliphatic carbocycles. The molecule has 20 heavy (non-hydrogen) atoms. The quantitative estimate of drug-likeness (QED) is 0.634. The first-order valence-corrected chi connectivity index (χ1v) is 7.60. The fourth-order valence-electron chi connectivity index (χ4n) is 3.12. The molecule has 0 saturated heterocycles. The van der Waals surface area contributed by atoms with Gasteiger partial charge in [0.1, 0.15) is 0 Å². The summed E-state index contributed by atoms with van der Waals surface area (Å²) in [5, 5.41) is 21.4. The van der Waals surface area contributed by atoms with Crippen LogP contribution in [0.25, 0.3) is 0 Å². The van der Waals surface area contributed by atoms with Crippen LogP contribution in [-0.2, 0) is 9.59 Å². The van der Waals surface area contributed by atoms with Crippen molar-refractivity contribution in [1.82, 2.24) is 5.32 Å². The average Bonchev–Trinajstić information content (AvgIpc) is 2.89. The highest BCUT2D eigenvalue weighted by Crippen LogP contribution is 2.32. The molecule has 0 heterocycles. The van der Waals surface area contributed by atoms with E-state index in [1.54, 1.807) is 0 Å². The molecule has 0 aromatic heterocycles. The van der Waals surface area contributed by atoms with Crippen LogP contribution in [0.3, 0.4) is 0 Å². The molecule has 116 valence electrons. The molecule has 1 rings (SSSR count). The molecule has 0 aromatic rings. The topological polar surface area (TPSA) is 86.6 Å². The molecule has 0 radical (unpaired) electrons. The molecule has 0 spiro atoms. The van der Waals surface area contributed by atoms with Crippen LogP contribution in [-0.4, -0.2) is 35.2 Å². The van der Waals surface area contributed by atoms with E-state index in [0.717, 1.165) is 19.3 Å². The standard InChI is InChI=1S/C15H27NO4/c1-3-15(4-2,14(19)20)8-13(18)16-9-11-6-5-7-12(11)10-17/h11-12,17H,3-10H2,1-2H3,(H,16,18)(H,19,20). The van der Waals surface area contributed by atoms with Crippen molar-refractivity contribution in [3.05, 3.63) is 0 Å². The largest absolute Gasteiger partial charge is 0.481 e. The van der Waals surface area contributed by atoms with Gasteiger partial charge in [-0.15, -0.1) is 0 Å². The third-order valence-corrected chi connectivity index (χ3v) is 4.92. The Balaban J connectivity index is 2.48. The van der Waals surface area contributed by atoms with Crippen LogP contribution < -0.4 is 5.32 Å². The number of aliphatic carboxylic acids is 1. The fraction of sp³-hybridized carbons (Fsp3) is 0.867. The van der Waals surface area contributed by atoms with Gasteiger partial charge in [-0.3, -0.25) is 9.59 Å². The van der Waals surface area contributed by atoms with Crippen LogP contribution >= 0.6 is 0 Å². The Labute approximate surface area is 120 Å². The molecule has 3 N–H and O–H groups in total. The van der Waals surface area contributed by atoms with E-state index < -0.39 is 11.4 Å². The molecule has 1 saturated carbocycles. The molecule has 5 nitrogen and oxygen atoms in total. The number of aliphatic hydroxyl groups is 1. The highest BCUT2D eigenvalue weighted by molar-refractivity contribution is 5.84. The smallest absolute Gasteiger partial charge is 0.310 e. The second-order valence-electron chi connectivity index (χ2n) is 5.91. The van der Waals surface area contributed by atoms with Crippen molar-refractivity contribution in [1.29, 1.82) is 0 Å². The Bertz CT molecular complexity index is 339. The van der Waals surface area contributed by atoms with Crippen LogP contribution in [0.2, 0.25) is 0 Å². The third kappa shape index (κ3) is 3.95. The summed E-state index contributed by atoms with van der Waals surface area (Å²) in [6.45, 7) is 4.34. The molecule has 2 unspecified atom stereocenters. The number of hydrogen-bond donors (Lipinski definition) is 3. The summed E-state index contributed by atoms with van der Waals surface area (Å²) >= 11 is 0. The van der Waals surface area contributed by atoms with Crippen molar-refractivity contribution in [2.75, 3.05) is 13.2 Å². The SMILES string of the molecule is CCC(CC)(CC(=O)NCC1CCCC1CO)C(=O)O. The average molecular weight is 285 g/mol. The summed E-state index contributed by atoms with van der Waals surface area (Å²) in [5.41, 5.74) is -0.948. The summed E-state index contributed by atoms with van der Waals surface area (Å²) in [4.78, 5) is 23.4. The van der Waals surface area contributed by atoms with Crippen molar-refractivity contribution in [2.45, 2.75) is 52.4 Å². The minimum absolute atomic E-state index is 0.0336. The second-order valence-corrected chi connectivity index (χ2v) is 5.91. The van der Waals surface area contributed by atoms with Crippen molar-refractivity contribution < 1.29 is 19.8 Å². The summed E-state index contributed by atoms with van der Waals surface area (Å²) in [7, 11) is 0. The molecule has 0 aromatic carbocycles. The van der Waals surface area contributed by atoms with Crippen molar-refractivity contribution in [3.63, 3.8) is 0 Å². The van der Waals surface area contributed by atoms with Gasteiger partial charge in [0.2, 0.25) is 5.91 Å². The summed E-state index contributed by atoms with van der Waals surface area (Å²) in [6.07, 6.45) is 4.07. The van der Waals surface area contributed by atoms with Crippen LogP contribution in [0.1, 0.15) is 52.4 Å². The monoisotopic (exact) mass is 285 g/mol. The number of carboxylic acid groups (broad SMARTS) is 1. The predicted octanol–water partition coefficient (Wildman–Crippen LogP) is 1.79. The molecule has 0 bridgehead atoms. The maximum Gasteiger partial charge on any atom is 0.310 e. The van der Waals surface area contributed by atoms with Crippen molar-refractivity contribution >= 4 is 11.9 Å². The van der Waals surface area contributed by atoms with Crippen molar-refractivity contribution in [2.24, 2.45) is 17.3 Å². The zero-order chi connectivity index (χ0) is 15.2. The normalized spacial score (nSPS) is 22.8. The van der Waals surface area contributed by atoms with E-state index in [9.17, 15) is 19.8 Å². The maximum atomic E-state index is 12.0. The van der Waals surface area contributed by atoms with Crippen LogP contribution in [0.5, 0.6) is 0 Å². The van der Waals surface area contributed by atoms with E-state index in [1.807, 2.05) is 13.8 Å². The molecule has 1 fully saturated rings. The van der Waals surface area contributed by atoms with E-state index in [0.29, 0.717) is 25.3 Å². The van der Waals surface area contributed by atoms with Crippen LogP contribution in [0.4, 0.5) is 0 Å². The van der Waals surface area contributed by atoms with Crippen LogP contribution in [0, 0.1) is 17.3 Å². The number of nitrogens with one attached hydrogen (secondary N) is 1. The Morgan fingerprint density at radius 3 is 2.30 bits per heavy atom. The Morgan fingerprint density at radius 1 is 1.20 bits per heavy atom. The Morgan fingerprint density at radius 2 is 1.80 bits per heavy atom. The summed E-state index contributed by atoms with van der Waals surface area (Å²) in [6, 6.07) is 0. The van der Waals surface area contributed by atoms with Gasteiger partial charge in [0.25, 0.3) is 0 Å². The highest BCUT2D eigenvalue weighted by atomic mass is 16.4. The molecular weight excluding hydrogens is 258 g/mol. The first-order valence-electron chi connectivity index (χ1n) is 7.60. The van der Waals surface area contributed by atoms with Crippen molar-refractivity contribution in [3.8, 4) is 0 Å².